The summed E-state index contributed by atoms with van der Waals surface area (Å²) in [5.74, 6) is -14.7. The third-order valence-electron chi connectivity index (χ3n) is 5.16. The first-order valence-electron chi connectivity index (χ1n) is 10.8. The first-order valence-corrected chi connectivity index (χ1v) is 10.8. The topological polar surface area (TPSA) is 9.23 Å². The molecule has 0 N–H and O–H groups in total. The van der Waals surface area contributed by atoms with Gasteiger partial charge in [-0.3, -0.25) is 0 Å². The molecule has 3 rings (SSSR count). The summed E-state index contributed by atoms with van der Waals surface area (Å²) < 4.78 is 116. The summed E-state index contributed by atoms with van der Waals surface area (Å²) in [5, 5.41) is 0. The summed E-state index contributed by atoms with van der Waals surface area (Å²) in [6, 6.07) is 23.1. The summed E-state index contributed by atoms with van der Waals surface area (Å²) in [6.45, 7) is 3.86. The maximum Gasteiger partial charge on any atom is 0.471 e. The van der Waals surface area contributed by atoms with Crippen molar-refractivity contribution in [3.63, 3.8) is 0 Å². The number of ether oxygens (including phenoxy) is 1. The van der Waals surface area contributed by atoms with Crippen molar-refractivity contribution in [2.45, 2.75) is 50.8 Å². The van der Waals surface area contributed by atoms with E-state index >= 15 is 0 Å². The Hall–Kier alpha value is -3.17. The molecule has 0 atom stereocenters. The molecule has 0 saturated heterocycles. The molecule has 0 spiro atoms. The smallest absolute Gasteiger partial charge is 0.428 e. The molecule has 196 valence electrons. The lowest BCUT2D eigenvalue weighted by Crippen LogP contribution is -2.62. The van der Waals surface area contributed by atoms with Crippen LogP contribution in [0.25, 0.3) is 11.1 Å². The predicted molar refractivity (Wildman–Crippen MR) is 119 cm³/mol. The van der Waals surface area contributed by atoms with Gasteiger partial charge in [0.2, 0.25) is 0 Å². The van der Waals surface area contributed by atoms with Crippen molar-refractivity contribution in [2.75, 3.05) is 0 Å². The van der Waals surface area contributed by atoms with E-state index < -0.39 is 29.9 Å². The van der Waals surface area contributed by atoms with Crippen molar-refractivity contribution in [1.29, 1.82) is 0 Å². The third-order valence-corrected chi connectivity index (χ3v) is 5.16. The Morgan fingerprint density at radius 3 is 1.36 bits per heavy atom. The minimum Gasteiger partial charge on any atom is -0.428 e. The SMILES string of the molecule is CCc1ccc(-c2ccccc2)cc1.CCc1ccc(OC(F)(F)C(F)(F)C(F)(F)C(F)(F)F)cc1. The number of rotatable bonds is 7. The normalized spacial score (nSPS) is 12.5. The predicted octanol–water partition coefficient (Wildman–Crippen LogP) is 8.97. The molecule has 0 heterocycles. The second kappa shape index (κ2) is 11.3. The summed E-state index contributed by atoms with van der Waals surface area (Å²) in [5.41, 5.74) is 4.56. The van der Waals surface area contributed by atoms with Gasteiger partial charge in [0, 0.05) is 0 Å². The maximum atomic E-state index is 13.1. The van der Waals surface area contributed by atoms with Crippen molar-refractivity contribution in [3.05, 3.63) is 90.0 Å². The summed E-state index contributed by atoms with van der Waals surface area (Å²) >= 11 is 0. The van der Waals surface area contributed by atoms with Crippen LogP contribution in [0.3, 0.4) is 0 Å². The van der Waals surface area contributed by atoms with Gasteiger partial charge in [-0.05, 0) is 47.2 Å². The standard InChI is InChI=1S/C14H14.C12H9F9O/c1-2-12-8-10-14(11-9-12)13-6-4-3-5-7-13;1-2-7-3-5-8(6-4-7)22-12(20,21)10(15,16)9(13,14)11(17,18)19/h3-11H,2H2,1H3;3-6H,2H2,1H3. The lowest BCUT2D eigenvalue weighted by atomic mass is 10.0. The molecule has 0 amide bonds. The molecule has 0 aromatic heterocycles. The zero-order valence-corrected chi connectivity index (χ0v) is 19.2. The largest absolute Gasteiger partial charge is 0.471 e. The Labute approximate surface area is 202 Å². The van der Waals surface area contributed by atoms with E-state index in [0.29, 0.717) is 12.0 Å². The van der Waals surface area contributed by atoms with Crippen molar-refractivity contribution in [2.24, 2.45) is 0 Å². The molecule has 3 aromatic carbocycles. The van der Waals surface area contributed by atoms with E-state index in [1.54, 1.807) is 6.92 Å². The van der Waals surface area contributed by atoms with Crippen molar-refractivity contribution < 1.29 is 44.3 Å². The average Bonchev–Trinajstić information content (AvgIpc) is 2.84. The second-order valence-electron chi connectivity index (χ2n) is 7.68. The molecule has 3 aromatic rings. The van der Waals surface area contributed by atoms with E-state index in [0.717, 1.165) is 18.6 Å². The van der Waals surface area contributed by atoms with E-state index in [9.17, 15) is 39.5 Å². The van der Waals surface area contributed by atoms with Crippen molar-refractivity contribution >= 4 is 0 Å². The Bertz CT molecular complexity index is 1080. The van der Waals surface area contributed by atoms with Crippen LogP contribution in [0.2, 0.25) is 0 Å². The second-order valence-corrected chi connectivity index (χ2v) is 7.68. The molecular weight excluding hydrogens is 499 g/mol. The van der Waals surface area contributed by atoms with Gasteiger partial charge < -0.3 is 4.74 Å². The fraction of sp³-hybridized carbons (Fsp3) is 0.308. The quantitative estimate of drug-likeness (QED) is 0.282. The van der Waals surface area contributed by atoms with Gasteiger partial charge in [0.05, 0.1) is 0 Å². The zero-order valence-electron chi connectivity index (χ0n) is 19.2. The fourth-order valence-electron chi connectivity index (χ4n) is 2.93. The third kappa shape index (κ3) is 6.53. The van der Waals surface area contributed by atoms with Crippen LogP contribution in [-0.4, -0.2) is 24.1 Å². The summed E-state index contributed by atoms with van der Waals surface area (Å²) in [6.07, 6.45) is -11.4. The van der Waals surface area contributed by atoms with Crippen LogP contribution >= 0.6 is 0 Å². The number of hydrogen-bond acceptors (Lipinski definition) is 1. The molecule has 0 radical (unpaired) electrons. The van der Waals surface area contributed by atoms with Crippen LogP contribution in [0.15, 0.2) is 78.9 Å². The average molecular weight is 522 g/mol. The van der Waals surface area contributed by atoms with E-state index in [1.165, 1.54) is 28.8 Å². The van der Waals surface area contributed by atoms with Gasteiger partial charge in [0.1, 0.15) is 5.75 Å². The molecule has 0 aliphatic heterocycles. The molecule has 0 bridgehead atoms. The Morgan fingerprint density at radius 2 is 0.944 bits per heavy atom. The minimum atomic E-state index is -6.97. The lowest BCUT2D eigenvalue weighted by molar-refractivity contribution is -0.428. The molecule has 0 unspecified atom stereocenters. The molecule has 0 aliphatic rings. The van der Waals surface area contributed by atoms with Crippen molar-refractivity contribution in [1.82, 2.24) is 0 Å². The van der Waals surface area contributed by atoms with Gasteiger partial charge >= 0.3 is 24.1 Å². The molecule has 0 fully saturated rings. The van der Waals surface area contributed by atoms with Crippen LogP contribution in [0.5, 0.6) is 5.75 Å². The maximum absolute atomic E-state index is 13.1. The minimum absolute atomic E-state index is 0.457. The Balaban J connectivity index is 0.000000278. The van der Waals surface area contributed by atoms with Crippen LogP contribution in [-0.2, 0) is 12.8 Å². The van der Waals surface area contributed by atoms with E-state index in [4.69, 9.17) is 0 Å². The highest BCUT2D eigenvalue weighted by Gasteiger charge is 2.83. The molecule has 1 nitrogen and oxygen atoms in total. The number of alkyl halides is 9. The van der Waals surface area contributed by atoms with E-state index in [2.05, 4.69) is 60.2 Å². The number of halogens is 9. The first-order chi connectivity index (χ1) is 16.7. The monoisotopic (exact) mass is 522 g/mol. The highest BCUT2D eigenvalue weighted by Crippen LogP contribution is 2.53. The number of hydrogen-bond donors (Lipinski definition) is 0. The molecular formula is C26H23F9O. The zero-order chi connectivity index (χ0) is 27.2. The molecule has 10 heteroatoms. The molecule has 0 saturated carbocycles. The van der Waals surface area contributed by atoms with Crippen molar-refractivity contribution in [3.8, 4) is 16.9 Å². The highest BCUT2D eigenvalue weighted by molar-refractivity contribution is 5.63. The van der Waals surface area contributed by atoms with Gasteiger partial charge in [-0.1, -0.05) is 80.6 Å². The summed E-state index contributed by atoms with van der Waals surface area (Å²) in [7, 11) is 0. The molecule has 0 aliphatic carbocycles. The van der Waals surface area contributed by atoms with Crippen LogP contribution < -0.4 is 4.74 Å². The van der Waals surface area contributed by atoms with Gasteiger partial charge in [0.25, 0.3) is 0 Å². The highest BCUT2D eigenvalue weighted by atomic mass is 19.4. The van der Waals surface area contributed by atoms with Gasteiger partial charge in [0.15, 0.2) is 0 Å². The Morgan fingerprint density at radius 1 is 0.528 bits per heavy atom. The summed E-state index contributed by atoms with van der Waals surface area (Å²) in [4.78, 5) is 0. The van der Waals surface area contributed by atoms with Crippen LogP contribution in [0, 0.1) is 0 Å². The van der Waals surface area contributed by atoms with Gasteiger partial charge in [-0.15, -0.1) is 0 Å². The van der Waals surface area contributed by atoms with Gasteiger partial charge in [-0.2, -0.15) is 39.5 Å². The van der Waals surface area contributed by atoms with E-state index in [1.807, 2.05) is 6.07 Å². The lowest BCUT2D eigenvalue weighted by Gasteiger charge is -2.33. The molecule has 36 heavy (non-hydrogen) atoms. The van der Waals surface area contributed by atoms with Crippen LogP contribution in [0.4, 0.5) is 39.5 Å². The van der Waals surface area contributed by atoms with Gasteiger partial charge in [-0.25, -0.2) is 0 Å². The van der Waals surface area contributed by atoms with E-state index in [-0.39, 0.29) is 0 Å². The fourth-order valence-corrected chi connectivity index (χ4v) is 2.93. The Kier molecular flexibility index (Phi) is 9.09. The number of benzene rings is 3. The number of aryl methyl sites for hydroxylation is 2. The first kappa shape index (κ1) is 29.1. The van der Waals surface area contributed by atoms with Crippen LogP contribution in [0.1, 0.15) is 25.0 Å².